The normalized spacial score (nSPS) is 17.6. The lowest BCUT2D eigenvalue weighted by Gasteiger charge is -2.19. The molecule has 0 saturated heterocycles. The Morgan fingerprint density at radius 3 is 2.65 bits per heavy atom. The Kier molecular flexibility index (Phi) is 6.54. The summed E-state index contributed by atoms with van der Waals surface area (Å²) in [4.78, 5) is 9.30. The lowest BCUT2D eigenvalue weighted by atomic mass is 9.89. The average Bonchev–Trinajstić information content (AvgIpc) is 2.69. The van der Waals surface area contributed by atoms with Crippen LogP contribution >= 0.6 is 0 Å². The molecule has 1 aliphatic rings. The maximum Gasteiger partial charge on any atom is 0.0452 e. The van der Waals surface area contributed by atoms with E-state index in [9.17, 15) is 0 Å². The monoisotopic (exact) mass is 344 g/mol. The van der Waals surface area contributed by atoms with Gasteiger partial charge in [0.1, 0.15) is 0 Å². The van der Waals surface area contributed by atoms with Gasteiger partial charge in [-0.3, -0.25) is 9.98 Å². The van der Waals surface area contributed by atoms with Gasteiger partial charge < -0.3 is 0 Å². The number of pyridine rings is 1. The number of aliphatic imine (C=N–C) groups is 1. The summed E-state index contributed by atoms with van der Waals surface area (Å²) >= 11 is 0. The average molecular weight is 345 g/mol. The largest absolute Gasteiger partial charge is 0.289 e. The van der Waals surface area contributed by atoms with Crippen molar-refractivity contribution in [1.82, 2.24) is 4.98 Å². The number of benzene rings is 1. The predicted molar refractivity (Wildman–Crippen MR) is 112 cm³/mol. The summed E-state index contributed by atoms with van der Waals surface area (Å²) in [6.07, 6.45) is 12.6. The van der Waals surface area contributed by atoms with E-state index in [0.717, 1.165) is 32.2 Å². The highest BCUT2D eigenvalue weighted by atomic mass is 14.7. The van der Waals surface area contributed by atoms with Crippen LogP contribution in [0.15, 0.2) is 72.4 Å². The van der Waals surface area contributed by atoms with Crippen molar-refractivity contribution in [2.24, 2.45) is 16.8 Å². The van der Waals surface area contributed by atoms with Crippen LogP contribution in [-0.2, 0) is 12.8 Å². The topological polar surface area (TPSA) is 25.2 Å². The molecule has 0 bridgehead atoms. The molecule has 0 aliphatic carbocycles. The molecule has 2 aromatic rings. The second-order valence-electron chi connectivity index (χ2n) is 7.25. The third-order valence-corrected chi connectivity index (χ3v) is 4.98. The number of allylic oxidation sites excluding steroid dienone is 1. The highest BCUT2D eigenvalue weighted by Crippen LogP contribution is 2.21. The fourth-order valence-corrected chi connectivity index (χ4v) is 3.36. The summed E-state index contributed by atoms with van der Waals surface area (Å²) in [6, 6.07) is 14.9. The summed E-state index contributed by atoms with van der Waals surface area (Å²) in [5.74, 6) is 1.12. The van der Waals surface area contributed by atoms with Gasteiger partial charge in [0.05, 0.1) is 0 Å². The van der Waals surface area contributed by atoms with Gasteiger partial charge >= 0.3 is 0 Å². The molecule has 2 nitrogen and oxygen atoms in total. The van der Waals surface area contributed by atoms with E-state index in [2.05, 4.69) is 67.0 Å². The molecule has 1 aromatic heterocycles. The van der Waals surface area contributed by atoms with Crippen LogP contribution in [0.2, 0.25) is 0 Å². The van der Waals surface area contributed by atoms with Crippen molar-refractivity contribution < 1.29 is 0 Å². The molecule has 0 saturated carbocycles. The Morgan fingerprint density at radius 2 is 2.00 bits per heavy atom. The fourth-order valence-electron chi connectivity index (χ4n) is 3.36. The Labute approximate surface area is 157 Å². The maximum atomic E-state index is 4.77. The van der Waals surface area contributed by atoms with Crippen LogP contribution in [0.5, 0.6) is 0 Å². The molecule has 0 radical (unpaired) electrons. The predicted octanol–water partition coefficient (Wildman–Crippen LogP) is 5.55. The van der Waals surface area contributed by atoms with Gasteiger partial charge in [0.25, 0.3) is 0 Å². The Morgan fingerprint density at radius 1 is 1.15 bits per heavy atom. The number of aryl methyl sites for hydroxylation is 1. The van der Waals surface area contributed by atoms with Gasteiger partial charge in [-0.05, 0) is 66.9 Å². The first-order valence-corrected chi connectivity index (χ1v) is 9.55. The van der Waals surface area contributed by atoms with Crippen molar-refractivity contribution in [3.8, 4) is 0 Å². The lowest BCUT2D eigenvalue weighted by Crippen LogP contribution is -2.15. The van der Waals surface area contributed by atoms with E-state index in [1.165, 1.54) is 22.5 Å². The summed E-state index contributed by atoms with van der Waals surface area (Å²) in [5.41, 5.74) is 4.98. The van der Waals surface area contributed by atoms with Gasteiger partial charge in [-0.25, -0.2) is 0 Å². The van der Waals surface area contributed by atoms with Crippen LogP contribution in [0.25, 0.3) is 6.08 Å². The van der Waals surface area contributed by atoms with Gasteiger partial charge in [-0.15, -0.1) is 0 Å². The van der Waals surface area contributed by atoms with E-state index < -0.39 is 0 Å². The summed E-state index contributed by atoms with van der Waals surface area (Å²) in [7, 11) is 0. The van der Waals surface area contributed by atoms with Crippen LogP contribution in [-0.4, -0.2) is 17.2 Å². The summed E-state index contributed by atoms with van der Waals surface area (Å²) in [5, 5.41) is 0. The molecule has 0 N–H and O–H groups in total. The molecule has 2 unspecified atom stereocenters. The van der Waals surface area contributed by atoms with Crippen LogP contribution < -0.4 is 0 Å². The van der Waals surface area contributed by atoms with Crippen molar-refractivity contribution >= 4 is 11.8 Å². The maximum absolute atomic E-state index is 4.77. The van der Waals surface area contributed by atoms with E-state index in [-0.39, 0.29) is 0 Å². The van der Waals surface area contributed by atoms with Gasteiger partial charge in [0.15, 0.2) is 0 Å². The van der Waals surface area contributed by atoms with Crippen molar-refractivity contribution in [2.75, 3.05) is 6.54 Å². The van der Waals surface area contributed by atoms with Gasteiger partial charge in [0, 0.05) is 24.1 Å². The number of hydrogen-bond acceptors (Lipinski definition) is 2. The molecular formula is C24H28N2. The number of nitrogens with zero attached hydrogens (tertiary/aromatic N) is 2. The molecule has 2 atom stereocenters. The minimum atomic E-state index is 0.556. The van der Waals surface area contributed by atoms with Gasteiger partial charge in [-0.1, -0.05) is 56.0 Å². The van der Waals surface area contributed by atoms with Crippen molar-refractivity contribution in [2.45, 2.75) is 32.6 Å². The third kappa shape index (κ3) is 5.52. The molecule has 26 heavy (non-hydrogen) atoms. The molecule has 1 aliphatic heterocycles. The Bertz CT molecular complexity index is 757. The second-order valence-corrected chi connectivity index (χ2v) is 7.25. The molecule has 3 rings (SSSR count). The van der Waals surface area contributed by atoms with E-state index in [1.54, 1.807) is 0 Å². The minimum Gasteiger partial charge on any atom is -0.289 e. The molecule has 2 heteroatoms. The molecule has 134 valence electrons. The third-order valence-electron chi connectivity index (χ3n) is 4.98. The van der Waals surface area contributed by atoms with Crippen molar-refractivity contribution in [3.05, 3.63) is 84.2 Å². The zero-order valence-electron chi connectivity index (χ0n) is 15.6. The first-order chi connectivity index (χ1) is 12.7. The highest BCUT2D eigenvalue weighted by molar-refractivity contribution is 5.95. The molecule has 0 spiro atoms. The SMILES string of the molecule is C=Cc1ccc(CCC(CC2=NCC(C)C=C2)Cc2ccccn2)cc1. The number of rotatable bonds is 8. The molecular weight excluding hydrogens is 316 g/mol. The van der Waals surface area contributed by atoms with E-state index in [1.807, 2.05) is 18.3 Å². The Balaban J connectivity index is 1.65. The number of aromatic nitrogens is 1. The quantitative estimate of drug-likeness (QED) is 0.616. The van der Waals surface area contributed by atoms with E-state index in [4.69, 9.17) is 4.99 Å². The van der Waals surface area contributed by atoms with Crippen LogP contribution in [0.1, 0.15) is 36.6 Å². The molecule has 0 fully saturated rings. The molecule has 1 aromatic carbocycles. The van der Waals surface area contributed by atoms with Crippen molar-refractivity contribution in [3.63, 3.8) is 0 Å². The van der Waals surface area contributed by atoms with E-state index in [0.29, 0.717) is 11.8 Å². The van der Waals surface area contributed by atoms with Crippen molar-refractivity contribution in [1.29, 1.82) is 0 Å². The van der Waals surface area contributed by atoms with Crippen LogP contribution in [0.4, 0.5) is 0 Å². The highest BCUT2D eigenvalue weighted by Gasteiger charge is 2.15. The van der Waals surface area contributed by atoms with Gasteiger partial charge in [0.2, 0.25) is 0 Å². The van der Waals surface area contributed by atoms with Gasteiger partial charge in [-0.2, -0.15) is 0 Å². The first kappa shape index (κ1) is 18.3. The minimum absolute atomic E-state index is 0.556. The van der Waals surface area contributed by atoms with E-state index >= 15 is 0 Å². The second kappa shape index (κ2) is 9.28. The smallest absolute Gasteiger partial charge is 0.0452 e. The number of dihydropyridines is 1. The molecule has 0 amide bonds. The fraction of sp³-hybridized carbons (Fsp3) is 0.333. The lowest BCUT2D eigenvalue weighted by molar-refractivity contribution is 0.494. The standard InChI is InChI=1S/C24H28N2/c1-3-20-8-10-21(11-9-20)12-13-22(16-23-6-4-5-15-25-23)17-24-14-7-19(2)18-26-24/h3-11,14-15,19,22H,1,12-13,16-18H2,2H3. The van der Waals surface area contributed by atoms with Crippen LogP contribution in [0, 0.1) is 11.8 Å². The summed E-state index contributed by atoms with van der Waals surface area (Å²) in [6.45, 7) is 6.96. The van der Waals surface area contributed by atoms with Crippen LogP contribution in [0.3, 0.4) is 0 Å². The first-order valence-electron chi connectivity index (χ1n) is 9.55. The Hall–Kier alpha value is -2.48. The molecule has 2 heterocycles. The zero-order valence-corrected chi connectivity index (χ0v) is 15.6. The number of hydrogen-bond donors (Lipinski definition) is 0. The summed E-state index contributed by atoms with van der Waals surface area (Å²) < 4.78 is 0. The zero-order chi connectivity index (χ0) is 18.2.